The first kappa shape index (κ1) is 16.5. The summed E-state index contributed by atoms with van der Waals surface area (Å²) in [6.07, 6.45) is 0.664. The summed E-state index contributed by atoms with van der Waals surface area (Å²) in [5.74, 6) is -0.895. The SMILES string of the molecule is CCC(C)NC(CC)C(O)c1ccc(F)c([N+](=O)[O-])c1. The first-order valence-corrected chi connectivity index (χ1v) is 6.78. The van der Waals surface area contributed by atoms with E-state index < -0.39 is 22.5 Å². The van der Waals surface area contributed by atoms with Crippen molar-refractivity contribution in [3.63, 3.8) is 0 Å². The number of hydrogen-bond acceptors (Lipinski definition) is 4. The summed E-state index contributed by atoms with van der Waals surface area (Å²) < 4.78 is 13.3. The quantitative estimate of drug-likeness (QED) is 0.596. The predicted octanol–water partition coefficient (Wildman–Crippen LogP) is 2.93. The topological polar surface area (TPSA) is 75.4 Å². The molecule has 0 saturated heterocycles. The molecule has 1 aromatic carbocycles. The molecule has 3 unspecified atom stereocenters. The van der Waals surface area contributed by atoms with E-state index in [9.17, 15) is 19.6 Å². The maximum Gasteiger partial charge on any atom is 0.305 e. The Hall–Kier alpha value is -1.53. The maximum absolute atomic E-state index is 13.3. The molecule has 0 aliphatic rings. The molecule has 5 nitrogen and oxygen atoms in total. The van der Waals surface area contributed by atoms with Gasteiger partial charge in [-0.05, 0) is 31.4 Å². The Balaban J connectivity index is 2.97. The molecule has 0 aliphatic heterocycles. The van der Waals surface area contributed by atoms with Crippen molar-refractivity contribution in [3.8, 4) is 0 Å². The van der Waals surface area contributed by atoms with Crippen LogP contribution in [0.2, 0.25) is 0 Å². The van der Waals surface area contributed by atoms with Gasteiger partial charge in [-0.15, -0.1) is 0 Å². The molecule has 0 spiro atoms. The van der Waals surface area contributed by atoms with E-state index in [1.54, 1.807) is 0 Å². The van der Waals surface area contributed by atoms with Gasteiger partial charge in [0.1, 0.15) is 0 Å². The number of nitro benzene ring substituents is 1. The predicted molar refractivity (Wildman–Crippen MR) is 75.0 cm³/mol. The number of nitrogens with zero attached hydrogens (tertiary/aromatic N) is 1. The summed E-state index contributed by atoms with van der Waals surface area (Å²) in [4.78, 5) is 9.95. The highest BCUT2D eigenvalue weighted by atomic mass is 19.1. The third-order valence-corrected chi connectivity index (χ3v) is 3.44. The third kappa shape index (κ3) is 3.98. The van der Waals surface area contributed by atoms with E-state index in [0.717, 1.165) is 18.6 Å². The molecule has 0 fully saturated rings. The fourth-order valence-corrected chi connectivity index (χ4v) is 2.00. The minimum absolute atomic E-state index is 0.227. The Morgan fingerprint density at radius 1 is 1.40 bits per heavy atom. The molecule has 3 atom stereocenters. The molecule has 0 amide bonds. The molecule has 112 valence electrons. The van der Waals surface area contributed by atoms with Gasteiger partial charge in [0.2, 0.25) is 5.82 Å². The van der Waals surface area contributed by atoms with E-state index >= 15 is 0 Å². The van der Waals surface area contributed by atoms with Gasteiger partial charge in [-0.1, -0.05) is 19.9 Å². The van der Waals surface area contributed by atoms with E-state index in [2.05, 4.69) is 5.32 Å². The lowest BCUT2D eigenvalue weighted by Crippen LogP contribution is -2.40. The van der Waals surface area contributed by atoms with Crippen LogP contribution in [0.25, 0.3) is 0 Å². The lowest BCUT2D eigenvalue weighted by molar-refractivity contribution is -0.387. The second kappa shape index (κ2) is 7.31. The molecule has 0 aliphatic carbocycles. The van der Waals surface area contributed by atoms with Crippen LogP contribution < -0.4 is 5.32 Å². The number of aliphatic hydroxyl groups is 1. The van der Waals surface area contributed by atoms with Gasteiger partial charge in [0.05, 0.1) is 11.0 Å². The average molecular weight is 284 g/mol. The van der Waals surface area contributed by atoms with Gasteiger partial charge >= 0.3 is 5.69 Å². The number of halogens is 1. The zero-order valence-corrected chi connectivity index (χ0v) is 12.0. The van der Waals surface area contributed by atoms with E-state index in [-0.39, 0.29) is 12.1 Å². The van der Waals surface area contributed by atoms with Crippen molar-refractivity contribution < 1.29 is 14.4 Å². The van der Waals surface area contributed by atoms with Gasteiger partial charge in [-0.3, -0.25) is 10.1 Å². The highest BCUT2D eigenvalue weighted by Gasteiger charge is 2.23. The van der Waals surface area contributed by atoms with Crippen LogP contribution in [0.15, 0.2) is 18.2 Å². The third-order valence-electron chi connectivity index (χ3n) is 3.44. The Kier molecular flexibility index (Phi) is 6.04. The van der Waals surface area contributed by atoms with E-state index in [0.29, 0.717) is 12.0 Å². The summed E-state index contributed by atoms with van der Waals surface area (Å²) in [6, 6.07) is 3.50. The smallest absolute Gasteiger partial charge is 0.305 e. The number of aliphatic hydroxyl groups excluding tert-OH is 1. The van der Waals surface area contributed by atoms with Crippen LogP contribution in [0.1, 0.15) is 45.3 Å². The Bertz CT molecular complexity index is 468. The second-order valence-corrected chi connectivity index (χ2v) is 4.90. The van der Waals surface area contributed by atoms with Crippen molar-refractivity contribution in [2.24, 2.45) is 0 Å². The normalized spacial score (nSPS) is 15.7. The van der Waals surface area contributed by atoms with Crippen LogP contribution in [0, 0.1) is 15.9 Å². The average Bonchev–Trinajstić information content (AvgIpc) is 2.43. The summed E-state index contributed by atoms with van der Waals surface area (Å²) in [6.45, 7) is 5.95. The highest BCUT2D eigenvalue weighted by molar-refractivity contribution is 5.37. The van der Waals surface area contributed by atoms with E-state index in [4.69, 9.17) is 0 Å². The number of hydrogen-bond donors (Lipinski definition) is 2. The molecular formula is C14H21FN2O3. The minimum Gasteiger partial charge on any atom is -0.387 e. The van der Waals surface area contributed by atoms with Gasteiger partial charge in [0.15, 0.2) is 0 Å². The fraction of sp³-hybridized carbons (Fsp3) is 0.571. The molecule has 0 radical (unpaired) electrons. The van der Waals surface area contributed by atoms with Crippen molar-refractivity contribution >= 4 is 5.69 Å². The molecule has 1 rings (SSSR count). The van der Waals surface area contributed by atoms with Gasteiger partial charge in [0, 0.05) is 18.2 Å². The molecule has 6 heteroatoms. The van der Waals surface area contributed by atoms with Gasteiger partial charge in [-0.25, -0.2) is 0 Å². The molecule has 0 heterocycles. The number of rotatable bonds is 7. The number of nitro groups is 1. The first-order chi connectivity index (χ1) is 9.40. The number of benzene rings is 1. The van der Waals surface area contributed by atoms with Crippen molar-refractivity contribution in [2.75, 3.05) is 0 Å². The van der Waals surface area contributed by atoms with Crippen LogP contribution in [-0.4, -0.2) is 22.1 Å². The van der Waals surface area contributed by atoms with Crippen molar-refractivity contribution in [2.45, 2.75) is 51.8 Å². The lowest BCUT2D eigenvalue weighted by Gasteiger charge is -2.26. The van der Waals surface area contributed by atoms with Crippen molar-refractivity contribution in [1.29, 1.82) is 0 Å². The van der Waals surface area contributed by atoms with Gasteiger partial charge in [0.25, 0.3) is 0 Å². The molecular weight excluding hydrogens is 263 g/mol. The maximum atomic E-state index is 13.3. The Labute approximate surface area is 118 Å². The lowest BCUT2D eigenvalue weighted by atomic mass is 9.98. The number of nitrogens with one attached hydrogen (secondary N) is 1. The van der Waals surface area contributed by atoms with Gasteiger partial charge in [-0.2, -0.15) is 4.39 Å². The zero-order chi connectivity index (χ0) is 15.3. The summed E-state index contributed by atoms with van der Waals surface area (Å²) in [5, 5.41) is 24.3. The molecule has 2 N–H and O–H groups in total. The first-order valence-electron chi connectivity index (χ1n) is 6.78. The molecule has 20 heavy (non-hydrogen) atoms. The van der Waals surface area contributed by atoms with Crippen LogP contribution in [-0.2, 0) is 0 Å². The van der Waals surface area contributed by atoms with Crippen LogP contribution >= 0.6 is 0 Å². The molecule has 1 aromatic rings. The Morgan fingerprint density at radius 2 is 2.05 bits per heavy atom. The van der Waals surface area contributed by atoms with E-state index in [1.165, 1.54) is 6.07 Å². The Morgan fingerprint density at radius 3 is 2.55 bits per heavy atom. The molecule has 0 bridgehead atoms. The summed E-state index contributed by atoms with van der Waals surface area (Å²) >= 11 is 0. The fourth-order valence-electron chi connectivity index (χ4n) is 2.00. The monoisotopic (exact) mass is 284 g/mol. The molecule has 0 aromatic heterocycles. The summed E-state index contributed by atoms with van der Waals surface area (Å²) in [5.41, 5.74) is -0.263. The largest absolute Gasteiger partial charge is 0.387 e. The standard InChI is InChI=1S/C14H21FN2O3/c1-4-9(3)16-12(5-2)14(18)10-6-7-11(15)13(8-10)17(19)20/h6-9,12,14,16,18H,4-5H2,1-3H3. The van der Waals surface area contributed by atoms with Gasteiger partial charge < -0.3 is 10.4 Å². The zero-order valence-electron chi connectivity index (χ0n) is 12.0. The van der Waals surface area contributed by atoms with Crippen LogP contribution in [0.3, 0.4) is 0 Å². The highest BCUT2D eigenvalue weighted by Crippen LogP contribution is 2.25. The summed E-state index contributed by atoms with van der Waals surface area (Å²) in [7, 11) is 0. The van der Waals surface area contributed by atoms with Crippen molar-refractivity contribution in [3.05, 3.63) is 39.7 Å². The van der Waals surface area contributed by atoms with Crippen LogP contribution in [0.5, 0.6) is 0 Å². The van der Waals surface area contributed by atoms with Crippen LogP contribution in [0.4, 0.5) is 10.1 Å². The van der Waals surface area contributed by atoms with Crippen molar-refractivity contribution in [1.82, 2.24) is 5.32 Å². The molecule has 0 saturated carbocycles. The second-order valence-electron chi connectivity index (χ2n) is 4.90. The van der Waals surface area contributed by atoms with E-state index in [1.807, 2.05) is 20.8 Å². The minimum atomic E-state index is -0.909.